The second kappa shape index (κ2) is 5.75. The molecule has 1 heterocycles. The topological polar surface area (TPSA) is 58.2 Å². The molecule has 4 nitrogen and oxygen atoms in total. The van der Waals surface area contributed by atoms with E-state index in [-0.39, 0.29) is 4.90 Å². The van der Waals surface area contributed by atoms with Gasteiger partial charge >= 0.3 is 0 Å². The largest absolute Gasteiger partial charge is 0.310 e. The van der Waals surface area contributed by atoms with Gasteiger partial charge in [0, 0.05) is 18.0 Å². The number of anilines is 1. The van der Waals surface area contributed by atoms with Gasteiger partial charge in [0.25, 0.3) is 10.0 Å². The summed E-state index contributed by atoms with van der Waals surface area (Å²) in [6.45, 7) is 0.555. The quantitative estimate of drug-likeness (QED) is 0.858. The molecule has 0 saturated heterocycles. The van der Waals surface area contributed by atoms with Crippen molar-refractivity contribution in [3.63, 3.8) is 0 Å². The lowest BCUT2D eigenvalue weighted by Crippen LogP contribution is -2.17. The molecule has 0 bridgehead atoms. The zero-order chi connectivity index (χ0) is 14.9. The van der Waals surface area contributed by atoms with Crippen LogP contribution in [0, 0.1) is 5.82 Å². The first kappa shape index (κ1) is 14.5. The fraction of sp³-hybridized carbons (Fsp3) is 0.286. The fourth-order valence-electron chi connectivity index (χ4n) is 1.95. The van der Waals surface area contributed by atoms with Gasteiger partial charge in [0.15, 0.2) is 0 Å². The van der Waals surface area contributed by atoms with Crippen LogP contribution in [0.4, 0.5) is 10.1 Å². The van der Waals surface area contributed by atoms with Crippen LogP contribution in [0.3, 0.4) is 0 Å². The molecular weight excluding hydrogens is 311 g/mol. The first-order valence-corrected chi connectivity index (χ1v) is 9.04. The molecular formula is C14H15FN2O2S2. The van der Waals surface area contributed by atoms with Crippen molar-refractivity contribution in [3.8, 4) is 0 Å². The SMILES string of the molecule is O=S(=O)(Nc1ccsc1)c1ccc(CNC2CC2)cc1F. The molecule has 2 N–H and O–H groups in total. The van der Waals surface area contributed by atoms with Gasteiger partial charge in [-0.1, -0.05) is 6.07 Å². The monoisotopic (exact) mass is 326 g/mol. The van der Waals surface area contributed by atoms with Crippen LogP contribution in [0.1, 0.15) is 18.4 Å². The molecule has 0 spiro atoms. The number of sulfonamides is 1. The average Bonchev–Trinajstić information content (AvgIpc) is 3.13. The van der Waals surface area contributed by atoms with E-state index >= 15 is 0 Å². The molecule has 3 rings (SSSR count). The predicted molar refractivity (Wildman–Crippen MR) is 81.4 cm³/mol. The number of thiophene rings is 1. The lowest BCUT2D eigenvalue weighted by molar-refractivity contribution is 0.567. The summed E-state index contributed by atoms with van der Waals surface area (Å²) in [6.07, 6.45) is 2.30. The Hall–Kier alpha value is -1.44. The normalized spacial score (nSPS) is 15.1. The maximum Gasteiger partial charge on any atom is 0.264 e. The summed E-state index contributed by atoms with van der Waals surface area (Å²) < 4.78 is 40.7. The number of rotatable bonds is 6. The van der Waals surface area contributed by atoms with Crippen LogP contribution >= 0.6 is 11.3 Å². The van der Waals surface area contributed by atoms with Gasteiger partial charge in [0.1, 0.15) is 10.7 Å². The van der Waals surface area contributed by atoms with Crippen LogP contribution in [0.25, 0.3) is 0 Å². The van der Waals surface area contributed by atoms with Crippen molar-refractivity contribution < 1.29 is 12.8 Å². The van der Waals surface area contributed by atoms with E-state index < -0.39 is 15.8 Å². The van der Waals surface area contributed by atoms with E-state index in [4.69, 9.17) is 0 Å². The Morgan fingerprint density at radius 2 is 2.10 bits per heavy atom. The minimum Gasteiger partial charge on any atom is -0.310 e. The minimum atomic E-state index is -3.89. The Kier molecular flexibility index (Phi) is 3.97. The highest BCUT2D eigenvalue weighted by atomic mass is 32.2. The molecule has 1 aliphatic rings. The first-order chi connectivity index (χ1) is 10.0. The Labute approximate surface area is 127 Å². The summed E-state index contributed by atoms with van der Waals surface area (Å²) in [7, 11) is -3.89. The number of hydrogen-bond acceptors (Lipinski definition) is 4. The second-order valence-corrected chi connectivity index (χ2v) is 7.47. The van der Waals surface area contributed by atoms with Gasteiger partial charge < -0.3 is 5.32 Å². The third kappa shape index (κ3) is 3.61. The van der Waals surface area contributed by atoms with E-state index in [1.54, 1.807) is 22.9 Å². The molecule has 0 amide bonds. The highest BCUT2D eigenvalue weighted by molar-refractivity contribution is 7.92. The van der Waals surface area contributed by atoms with Crippen LogP contribution in [-0.2, 0) is 16.6 Å². The molecule has 21 heavy (non-hydrogen) atoms. The standard InChI is InChI=1S/C14H15FN2O2S2/c15-13-7-10(8-16-11-2-3-11)1-4-14(13)21(18,19)17-12-5-6-20-9-12/h1,4-7,9,11,16-17H,2-3,8H2. The van der Waals surface area contributed by atoms with Crippen LogP contribution < -0.4 is 10.0 Å². The zero-order valence-corrected chi connectivity index (χ0v) is 12.8. The second-order valence-electron chi connectivity index (χ2n) is 5.04. The zero-order valence-electron chi connectivity index (χ0n) is 11.2. The van der Waals surface area contributed by atoms with Crippen LogP contribution in [0.5, 0.6) is 0 Å². The number of nitrogens with one attached hydrogen (secondary N) is 2. The lowest BCUT2D eigenvalue weighted by Gasteiger charge is -2.09. The molecule has 7 heteroatoms. The minimum absolute atomic E-state index is 0.330. The summed E-state index contributed by atoms with van der Waals surface area (Å²) in [5.41, 5.74) is 1.19. The van der Waals surface area contributed by atoms with E-state index in [1.165, 1.54) is 23.5 Å². The van der Waals surface area contributed by atoms with E-state index in [9.17, 15) is 12.8 Å². The summed E-state index contributed by atoms with van der Waals surface area (Å²) in [5, 5.41) is 6.67. The molecule has 2 aromatic rings. The Bertz CT molecular complexity index is 725. The van der Waals surface area contributed by atoms with E-state index in [0.717, 1.165) is 18.4 Å². The highest BCUT2D eigenvalue weighted by Crippen LogP contribution is 2.22. The Morgan fingerprint density at radius 1 is 1.29 bits per heavy atom. The van der Waals surface area contributed by atoms with Crippen molar-refractivity contribution in [1.82, 2.24) is 5.32 Å². The maximum atomic E-state index is 14.1. The average molecular weight is 326 g/mol. The third-order valence-corrected chi connectivity index (χ3v) is 5.33. The van der Waals surface area contributed by atoms with Gasteiger partial charge in [-0.05, 0) is 42.0 Å². The van der Waals surface area contributed by atoms with Gasteiger partial charge in [-0.2, -0.15) is 11.3 Å². The fourth-order valence-corrected chi connectivity index (χ4v) is 3.73. The third-order valence-electron chi connectivity index (χ3n) is 3.23. The summed E-state index contributed by atoms with van der Waals surface area (Å²) >= 11 is 1.37. The number of benzene rings is 1. The maximum absolute atomic E-state index is 14.1. The number of halogens is 1. The molecule has 1 aliphatic carbocycles. The van der Waals surface area contributed by atoms with Gasteiger partial charge in [-0.15, -0.1) is 0 Å². The Morgan fingerprint density at radius 3 is 2.71 bits per heavy atom. The van der Waals surface area contributed by atoms with Crippen molar-refractivity contribution in [2.75, 3.05) is 4.72 Å². The molecule has 1 aromatic heterocycles. The molecule has 0 atom stereocenters. The molecule has 0 radical (unpaired) electrons. The van der Waals surface area contributed by atoms with E-state index in [1.807, 2.05) is 0 Å². The first-order valence-electron chi connectivity index (χ1n) is 6.61. The smallest absolute Gasteiger partial charge is 0.264 e. The molecule has 1 saturated carbocycles. The van der Waals surface area contributed by atoms with Crippen molar-refractivity contribution >= 4 is 27.0 Å². The van der Waals surface area contributed by atoms with Crippen molar-refractivity contribution in [2.45, 2.75) is 30.3 Å². The summed E-state index contributed by atoms with van der Waals surface area (Å²) in [6, 6.07) is 6.39. The molecule has 0 aliphatic heterocycles. The highest BCUT2D eigenvalue weighted by Gasteiger charge is 2.22. The van der Waals surface area contributed by atoms with Crippen LogP contribution in [-0.4, -0.2) is 14.5 Å². The lowest BCUT2D eigenvalue weighted by atomic mass is 10.2. The van der Waals surface area contributed by atoms with Crippen molar-refractivity contribution in [3.05, 3.63) is 46.4 Å². The number of hydrogen-bond donors (Lipinski definition) is 2. The van der Waals surface area contributed by atoms with Gasteiger partial charge in [0.2, 0.25) is 0 Å². The molecule has 1 fully saturated rings. The van der Waals surface area contributed by atoms with Crippen molar-refractivity contribution in [2.24, 2.45) is 0 Å². The van der Waals surface area contributed by atoms with Crippen molar-refractivity contribution in [1.29, 1.82) is 0 Å². The molecule has 1 aromatic carbocycles. The van der Waals surface area contributed by atoms with Gasteiger partial charge in [-0.25, -0.2) is 12.8 Å². The summed E-state index contributed by atoms with van der Waals surface area (Å²) in [4.78, 5) is -0.330. The van der Waals surface area contributed by atoms with Crippen LogP contribution in [0.2, 0.25) is 0 Å². The van der Waals surface area contributed by atoms with Crippen LogP contribution in [0.15, 0.2) is 39.9 Å². The Balaban J connectivity index is 1.77. The van der Waals surface area contributed by atoms with E-state index in [2.05, 4.69) is 10.0 Å². The van der Waals surface area contributed by atoms with Gasteiger partial charge in [-0.3, -0.25) is 4.72 Å². The molecule has 112 valence electrons. The summed E-state index contributed by atoms with van der Waals surface area (Å²) in [5.74, 6) is -0.729. The predicted octanol–water partition coefficient (Wildman–Crippen LogP) is 2.94. The molecule has 0 unspecified atom stereocenters. The van der Waals surface area contributed by atoms with E-state index in [0.29, 0.717) is 18.3 Å². The van der Waals surface area contributed by atoms with Gasteiger partial charge in [0.05, 0.1) is 5.69 Å².